The van der Waals surface area contributed by atoms with Gasteiger partial charge in [0.2, 0.25) is 0 Å². The number of allylic oxidation sites excluding steroid dienone is 1. The Balaban J connectivity index is 1.77. The number of hydrogen-bond donors (Lipinski definition) is 1. The Kier molecular flexibility index (Phi) is 7.11. The largest absolute Gasteiger partial charge is 0.375 e. The van der Waals surface area contributed by atoms with Crippen molar-refractivity contribution >= 4 is 11.8 Å². The van der Waals surface area contributed by atoms with Crippen molar-refractivity contribution in [2.24, 2.45) is 11.8 Å². The molecule has 3 heteroatoms. The van der Waals surface area contributed by atoms with E-state index >= 15 is 0 Å². The van der Waals surface area contributed by atoms with Crippen LogP contribution in [0.1, 0.15) is 52.9 Å². The summed E-state index contributed by atoms with van der Waals surface area (Å²) in [6.07, 6.45) is 8.63. The predicted molar refractivity (Wildman–Crippen MR) is 94.0 cm³/mol. The van der Waals surface area contributed by atoms with E-state index in [0.29, 0.717) is 0 Å². The van der Waals surface area contributed by atoms with Crippen molar-refractivity contribution in [1.29, 1.82) is 0 Å². The average molecular weight is 312 g/mol. The highest BCUT2D eigenvalue weighted by molar-refractivity contribution is 7.99. The minimum atomic E-state index is 0.221. The highest BCUT2D eigenvalue weighted by Crippen LogP contribution is 2.41. The highest BCUT2D eigenvalue weighted by atomic mass is 32.2. The van der Waals surface area contributed by atoms with Gasteiger partial charge in [-0.1, -0.05) is 25.5 Å². The minimum absolute atomic E-state index is 0.221. The van der Waals surface area contributed by atoms with Crippen LogP contribution in [-0.2, 0) is 4.74 Å². The number of hydrogen-bond acceptors (Lipinski definition) is 3. The molecular weight excluding hydrogens is 278 g/mol. The zero-order valence-corrected chi connectivity index (χ0v) is 14.9. The maximum Gasteiger partial charge on any atom is 0.0704 e. The van der Waals surface area contributed by atoms with Gasteiger partial charge in [-0.15, -0.1) is 0 Å². The van der Waals surface area contributed by atoms with Crippen molar-refractivity contribution < 1.29 is 4.74 Å². The number of nitrogens with one attached hydrogen (secondary N) is 1. The maximum absolute atomic E-state index is 6.20. The summed E-state index contributed by atoms with van der Waals surface area (Å²) < 4.78 is 6.20. The van der Waals surface area contributed by atoms with Crippen LogP contribution in [-0.4, -0.2) is 36.8 Å². The van der Waals surface area contributed by atoms with Gasteiger partial charge in [0.05, 0.1) is 5.60 Å². The molecule has 2 aliphatic heterocycles. The molecular formula is C18H33NOS. The van der Waals surface area contributed by atoms with Crippen molar-refractivity contribution in [2.75, 3.05) is 31.2 Å². The van der Waals surface area contributed by atoms with Gasteiger partial charge in [-0.3, -0.25) is 0 Å². The molecule has 0 bridgehead atoms. The molecule has 122 valence electrons. The zero-order valence-electron chi connectivity index (χ0n) is 14.1. The van der Waals surface area contributed by atoms with E-state index in [1.54, 1.807) is 5.57 Å². The van der Waals surface area contributed by atoms with Crippen LogP contribution in [0.2, 0.25) is 0 Å². The summed E-state index contributed by atoms with van der Waals surface area (Å²) in [4.78, 5) is 0. The lowest BCUT2D eigenvalue weighted by molar-refractivity contribution is -0.0965. The van der Waals surface area contributed by atoms with Gasteiger partial charge in [-0.2, -0.15) is 11.8 Å². The molecule has 0 radical (unpaired) electrons. The minimum Gasteiger partial charge on any atom is -0.375 e. The molecule has 0 aromatic carbocycles. The lowest BCUT2D eigenvalue weighted by Gasteiger charge is -2.43. The first-order valence-electron chi connectivity index (χ1n) is 8.70. The van der Waals surface area contributed by atoms with Crippen LogP contribution in [0.3, 0.4) is 0 Å². The summed E-state index contributed by atoms with van der Waals surface area (Å²) in [5.74, 6) is 4.07. The van der Waals surface area contributed by atoms with Crippen molar-refractivity contribution in [1.82, 2.24) is 5.32 Å². The number of ether oxygens (including phenoxy) is 1. The fourth-order valence-corrected chi connectivity index (χ4v) is 4.70. The Morgan fingerprint density at radius 1 is 1.38 bits per heavy atom. The fraction of sp³-hybridized carbons (Fsp3) is 0.889. The van der Waals surface area contributed by atoms with Crippen LogP contribution in [0.15, 0.2) is 11.6 Å². The van der Waals surface area contributed by atoms with Gasteiger partial charge in [-0.25, -0.2) is 0 Å². The van der Waals surface area contributed by atoms with E-state index < -0.39 is 0 Å². The van der Waals surface area contributed by atoms with Gasteiger partial charge in [0, 0.05) is 6.61 Å². The van der Waals surface area contributed by atoms with Crippen LogP contribution >= 0.6 is 11.8 Å². The van der Waals surface area contributed by atoms with Crippen molar-refractivity contribution in [3.63, 3.8) is 0 Å². The fourth-order valence-electron chi connectivity index (χ4n) is 3.47. The molecule has 0 aromatic rings. The summed E-state index contributed by atoms with van der Waals surface area (Å²) in [5, 5.41) is 3.53. The van der Waals surface area contributed by atoms with E-state index in [0.717, 1.165) is 31.5 Å². The molecule has 0 aromatic heterocycles. The van der Waals surface area contributed by atoms with Crippen LogP contribution in [0.25, 0.3) is 0 Å². The lowest BCUT2D eigenvalue weighted by atomic mass is 9.79. The Morgan fingerprint density at radius 2 is 2.14 bits per heavy atom. The van der Waals surface area contributed by atoms with Crippen molar-refractivity contribution in [3.05, 3.63) is 11.6 Å². The quantitative estimate of drug-likeness (QED) is 0.585. The number of thioether (sulfide) groups is 1. The summed E-state index contributed by atoms with van der Waals surface area (Å²) >= 11 is 2.09. The first-order valence-corrected chi connectivity index (χ1v) is 9.86. The first kappa shape index (κ1) is 17.4. The highest BCUT2D eigenvalue weighted by Gasteiger charge is 2.38. The topological polar surface area (TPSA) is 21.3 Å². The summed E-state index contributed by atoms with van der Waals surface area (Å²) in [6.45, 7) is 10.1. The zero-order chi connectivity index (χ0) is 15.1. The first-order chi connectivity index (χ1) is 10.1. The van der Waals surface area contributed by atoms with E-state index in [1.165, 1.54) is 43.6 Å². The second kappa shape index (κ2) is 8.59. The smallest absolute Gasteiger partial charge is 0.0704 e. The van der Waals surface area contributed by atoms with E-state index in [9.17, 15) is 0 Å². The van der Waals surface area contributed by atoms with Gasteiger partial charge in [0.25, 0.3) is 0 Å². The lowest BCUT2D eigenvalue weighted by Crippen LogP contribution is -2.43. The Labute approximate surface area is 135 Å². The van der Waals surface area contributed by atoms with E-state index in [-0.39, 0.29) is 5.60 Å². The molecule has 2 aliphatic rings. The van der Waals surface area contributed by atoms with Crippen molar-refractivity contribution in [3.8, 4) is 0 Å². The SMILES string of the molecule is C/C(=C/CCNCC(C)C)C1CCOC2(CCSCC2)C1. The molecule has 2 nitrogen and oxygen atoms in total. The Bertz CT molecular complexity index is 329. The van der Waals surface area contributed by atoms with Gasteiger partial charge in [0.15, 0.2) is 0 Å². The molecule has 1 spiro atoms. The maximum atomic E-state index is 6.20. The molecule has 0 amide bonds. The third-order valence-corrected chi connectivity index (χ3v) is 5.87. The van der Waals surface area contributed by atoms with Crippen LogP contribution in [0.5, 0.6) is 0 Å². The van der Waals surface area contributed by atoms with Gasteiger partial charge in [0.1, 0.15) is 0 Å². The molecule has 1 atom stereocenters. The van der Waals surface area contributed by atoms with Gasteiger partial charge < -0.3 is 10.1 Å². The van der Waals surface area contributed by atoms with E-state index in [2.05, 4.69) is 43.9 Å². The molecule has 2 rings (SSSR count). The normalized spacial score (nSPS) is 26.5. The second-order valence-electron chi connectivity index (χ2n) is 7.17. The van der Waals surface area contributed by atoms with Crippen LogP contribution in [0.4, 0.5) is 0 Å². The van der Waals surface area contributed by atoms with E-state index in [1.807, 2.05) is 0 Å². The number of rotatable bonds is 6. The molecule has 0 saturated carbocycles. The van der Waals surface area contributed by atoms with E-state index in [4.69, 9.17) is 4.74 Å². The Morgan fingerprint density at radius 3 is 2.86 bits per heavy atom. The molecule has 1 N–H and O–H groups in total. The Hall–Kier alpha value is 0.0100. The third kappa shape index (κ3) is 5.61. The molecule has 1 unspecified atom stereocenters. The molecule has 0 aliphatic carbocycles. The molecule has 21 heavy (non-hydrogen) atoms. The molecule has 2 saturated heterocycles. The van der Waals surface area contributed by atoms with Gasteiger partial charge >= 0.3 is 0 Å². The molecule has 2 fully saturated rings. The van der Waals surface area contributed by atoms with Gasteiger partial charge in [-0.05, 0) is 75.5 Å². The van der Waals surface area contributed by atoms with Crippen molar-refractivity contribution in [2.45, 2.75) is 58.5 Å². The predicted octanol–water partition coefficient (Wildman–Crippen LogP) is 4.26. The third-order valence-electron chi connectivity index (χ3n) is 4.88. The van der Waals surface area contributed by atoms with Crippen LogP contribution < -0.4 is 5.32 Å². The monoisotopic (exact) mass is 311 g/mol. The molecule has 2 heterocycles. The summed E-state index contributed by atoms with van der Waals surface area (Å²) in [7, 11) is 0. The standard InChI is InChI=1S/C18H33NOS/c1-15(2)14-19-9-4-5-16(3)17-6-10-20-18(13-17)7-11-21-12-8-18/h5,15,17,19H,4,6-14H2,1-3H3/b16-5-. The summed E-state index contributed by atoms with van der Waals surface area (Å²) in [6, 6.07) is 0. The van der Waals surface area contributed by atoms with Crippen LogP contribution in [0, 0.1) is 11.8 Å². The second-order valence-corrected chi connectivity index (χ2v) is 8.39. The average Bonchev–Trinajstić information content (AvgIpc) is 2.47. The summed E-state index contributed by atoms with van der Waals surface area (Å²) in [5.41, 5.74) is 1.82.